The summed E-state index contributed by atoms with van der Waals surface area (Å²) in [5, 5.41) is 2.84. The summed E-state index contributed by atoms with van der Waals surface area (Å²) >= 11 is 0. The molecule has 24 heavy (non-hydrogen) atoms. The molecule has 1 fully saturated rings. The number of carbonyl (C=O) groups is 2. The van der Waals surface area contributed by atoms with E-state index < -0.39 is 0 Å². The number of anilines is 1. The lowest BCUT2D eigenvalue weighted by Gasteiger charge is -2.30. The molecular weight excluding hydrogens is 306 g/mol. The Bertz CT molecular complexity index is 551. The van der Waals surface area contributed by atoms with Crippen molar-refractivity contribution in [3.8, 4) is 5.75 Å². The number of quaternary nitrogens is 1. The first-order valence-electron chi connectivity index (χ1n) is 8.51. The van der Waals surface area contributed by atoms with E-state index in [-0.39, 0.29) is 18.4 Å². The molecule has 1 aliphatic rings. The van der Waals surface area contributed by atoms with Gasteiger partial charge in [-0.1, -0.05) is 6.92 Å². The summed E-state index contributed by atoms with van der Waals surface area (Å²) in [6, 6.07) is 7.19. The lowest BCUT2D eigenvalue weighted by Crippen LogP contribution is -3.11. The normalized spacial score (nSPS) is 16.5. The Morgan fingerprint density at radius 3 is 2.42 bits per heavy atom. The van der Waals surface area contributed by atoms with E-state index >= 15 is 0 Å². The highest BCUT2D eigenvalue weighted by molar-refractivity contribution is 5.91. The van der Waals surface area contributed by atoms with Gasteiger partial charge in [-0.3, -0.25) is 9.59 Å². The molecule has 0 bridgehead atoms. The number of piperidine rings is 1. The summed E-state index contributed by atoms with van der Waals surface area (Å²) in [4.78, 5) is 27.2. The van der Waals surface area contributed by atoms with Gasteiger partial charge in [0.25, 0.3) is 11.8 Å². The first kappa shape index (κ1) is 18.3. The second kappa shape index (κ2) is 8.68. The van der Waals surface area contributed by atoms with E-state index in [0.29, 0.717) is 12.5 Å². The van der Waals surface area contributed by atoms with Crippen LogP contribution in [0.1, 0.15) is 19.8 Å². The van der Waals surface area contributed by atoms with Crippen molar-refractivity contribution < 1.29 is 19.2 Å². The first-order chi connectivity index (χ1) is 11.5. The van der Waals surface area contributed by atoms with E-state index in [1.807, 2.05) is 11.9 Å². The Balaban J connectivity index is 1.75. The molecule has 2 N–H and O–H groups in total. The van der Waals surface area contributed by atoms with Crippen LogP contribution in [-0.4, -0.2) is 57.1 Å². The molecule has 6 heteroatoms. The average molecular weight is 334 g/mol. The zero-order valence-electron chi connectivity index (χ0n) is 14.8. The highest BCUT2D eigenvalue weighted by Crippen LogP contribution is 2.16. The van der Waals surface area contributed by atoms with Gasteiger partial charge in [0.15, 0.2) is 13.1 Å². The van der Waals surface area contributed by atoms with Crippen LogP contribution in [-0.2, 0) is 9.59 Å². The third kappa shape index (κ3) is 5.53. The van der Waals surface area contributed by atoms with E-state index in [1.165, 1.54) is 0 Å². The van der Waals surface area contributed by atoms with Crippen LogP contribution in [0.2, 0.25) is 0 Å². The highest BCUT2D eigenvalue weighted by atomic mass is 16.5. The summed E-state index contributed by atoms with van der Waals surface area (Å²) in [7, 11) is 3.48. The fourth-order valence-corrected chi connectivity index (χ4v) is 2.84. The van der Waals surface area contributed by atoms with Crippen LogP contribution in [0.5, 0.6) is 5.75 Å². The van der Waals surface area contributed by atoms with Crippen LogP contribution in [0.15, 0.2) is 24.3 Å². The molecule has 1 aliphatic heterocycles. The monoisotopic (exact) mass is 334 g/mol. The number of nitrogens with one attached hydrogen (secondary N) is 2. The number of likely N-dealkylation sites (N-methyl/N-ethyl adjacent to an activating group) is 1. The molecule has 132 valence electrons. The zero-order chi connectivity index (χ0) is 17.5. The van der Waals surface area contributed by atoms with Gasteiger partial charge in [-0.05, 0) is 43.0 Å². The minimum atomic E-state index is -0.0993. The molecule has 0 radical (unpaired) electrons. The van der Waals surface area contributed by atoms with E-state index in [4.69, 9.17) is 4.74 Å². The number of carbonyl (C=O) groups excluding carboxylic acids is 2. The predicted octanol–water partition coefficient (Wildman–Crippen LogP) is 0.407. The average Bonchev–Trinajstić information content (AvgIpc) is 2.55. The molecule has 1 heterocycles. The van der Waals surface area contributed by atoms with Gasteiger partial charge in [-0.25, -0.2) is 0 Å². The minimum absolute atomic E-state index is 0.0993. The standard InChI is InChI=1S/C18H27N3O3/c1-14-8-10-21(11-9-14)18(23)13-20(2)12-17(22)19-15-4-6-16(24-3)7-5-15/h4-7,14H,8-13H2,1-3H3,(H,19,22)/p+1. The second-order valence-corrected chi connectivity index (χ2v) is 6.65. The maximum atomic E-state index is 12.3. The van der Waals surface area contributed by atoms with Crippen molar-refractivity contribution in [3.05, 3.63) is 24.3 Å². The van der Waals surface area contributed by atoms with Gasteiger partial charge < -0.3 is 19.9 Å². The fourth-order valence-electron chi connectivity index (χ4n) is 2.84. The van der Waals surface area contributed by atoms with Crippen LogP contribution in [0.25, 0.3) is 0 Å². The van der Waals surface area contributed by atoms with Gasteiger partial charge in [0.2, 0.25) is 0 Å². The molecule has 0 saturated carbocycles. The number of amides is 2. The van der Waals surface area contributed by atoms with E-state index in [9.17, 15) is 9.59 Å². The Morgan fingerprint density at radius 2 is 1.83 bits per heavy atom. The van der Waals surface area contributed by atoms with E-state index in [1.54, 1.807) is 31.4 Å². The first-order valence-corrected chi connectivity index (χ1v) is 8.51. The van der Waals surface area contributed by atoms with Crippen LogP contribution in [0.4, 0.5) is 5.69 Å². The van der Waals surface area contributed by atoms with Crippen molar-refractivity contribution in [2.75, 3.05) is 45.7 Å². The molecule has 1 unspecified atom stereocenters. The number of hydrogen-bond donors (Lipinski definition) is 2. The summed E-state index contributed by atoms with van der Waals surface area (Å²) in [6.07, 6.45) is 2.14. The number of benzene rings is 1. The number of likely N-dealkylation sites (tertiary alicyclic amines) is 1. The molecule has 1 aromatic rings. The quantitative estimate of drug-likeness (QED) is 0.792. The van der Waals surface area contributed by atoms with Crippen molar-refractivity contribution in [1.82, 2.24) is 4.90 Å². The van der Waals surface area contributed by atoms with Gasteiger partial charge in [-0.2, -0.15) is 0 Å². The Hall–Kier alpha value is -2.08. The topological polar surface area (TPSA) is 63.1 Å². The summed E-state index contributed by atoms with van der Waals surface area (Å²) < 4.78 is 5.09. The molecule has 0 aliphatic carbocycles. The van der Waals surface area contributed by atoms with Crippen LogP contribution >= 0.6 is 0 Å². The van der Waals surface area contributed by atoms with Crippen LogP contribution < -0.4 is 15.0 Å². The minimum Gasteiger partial charge on any atom is -0.497 e. The lowest BCUT2D eigenvalue weighted by atomic mass is 9.99. The number of rotatable bonds is 6. The van der Waals surface area contributed by atoms with E-state index in [0.717, 1.165) is 42.3 Å². The van der Waals surface area contributed by atoms with Gasteiger partial charge in [0, 0.05) is 18.8 Å². The largest absolute Gasteiger partial charge is 0.497 e. The smallest absolute Gasteiger partial charge is 0.279 e. The molecular formula is C18H28N3O3+. The molecule has 1 aromatic carbocycles. The molecule has 2 amide bonds. The maximum Gasteiger partial charge on any atom is 0.279 e. The van der Waals surface area contributed by atoms with Crippen LogP contribution in [0, 0.1) is 5.92 Å². The van der Waals surface area contributed by atoms with Crippen molar-refractivity contribution in [1.29, 1.82) is 0 Å². The van der Waals surface area contributed by atoms with Gasteiger partial charge in [0.05, 0.1) is 14.2 Å². The number of hydrogen-bond acceptors (Lipinski definition) is 3. The summed E-state index contributed by atoms with van der Waals surface area (Å²) in [5.74, 6) is 1.49. The van der Waals surface area contributed by atoms with Gasteiger partial charge in [0.1, 0.15) is 5.75 Å². The Labute approximate surface area is 143 Å². The predicted molar refractivity (Wildman–Crippen MR) is 93.2 cm³/mol. The zero-order valence-corrected chi connectivity index (χ0v) is 14.8. The Kier molecular flexibility index (Phi) is 6.61. The van der Waals surface area contributed by atoms with Crippen molar-refractivity contribution in [2.45, 2.75) is 19.8 Å². The highest BCUT2D eigenvalue weighted by Gasteiger charge is 2.23. The third-order valence-electron chi connectivity index (χ3n) is 4.43. The SMILES string of the molecule is COc1ccc(NC(=O)C[NH+](C)CC(=O)N2CCC(C)CC2)cc1. The van der Waals surface area contributed by atoms with Crippen molar-refractivity contribution >= 4 is 17.5 Å². The third-order valence-corrected chi connectivity index (χ3v) is 4.43. The van der Waals surface area contributed by atoms with Crippen LogP contribution in [0.3, 0.4) is 0 Å². The molecule has 0 spiro atoms. The molecule has 1 saturated heterocycles. The van der Waals surface area contributed by atoms with Gasteiger partial charge in [-0.15, -0.1) is 0 Å². The number of nitrogens with zero attached hydrogens (tertiary/aromatic N) is 1. The summed E-state index contributed by atoms with van der Waals surface area (Å²) in [6.45, 7) is 4.52. The fraction of sp³-hybridized carbons (Fsp3) is 0.556. The van der Waals surface area contributed by atoms with Gasteiger partial charge >= 0.3 is 0 Å². The van der Waals surface area contributed by atoms with Crippen molar-refractivity contribution in [3.63, 3.8) is 0 Å². The number of methoxy groups -OCH3 is 1. The van der Waals surface area contributed by atoms with E-state index in [2.05, 4.69) is 12.2 Å². The second-order valence-electron chi connectivity index (χ2n) is 6.65. The molecule has 6 nitrogen and oxygen atoms in total. The molecule has 2 rings (SSSR count). The number of ether oxygens (including phenoxy) is 1. The molecule has 1 atom stereocenters. The lowest BCUT2D eigenvalue weighted by molar-refractivity contribution is -0.862. The van der Waals surface area contributed by atoms with Crippen molar-refractivity contribution in [2.24, 2.45) is 5.92 Å². The maximum absolute atomic E-state index is 12.3. The molecule has 0 aromatic heterocycles. The Morgan fingerprint density at radius 1 is 1.21 bits per heavy atom. The summed E-state index contributed by atoms with van der Waals surface area (Å²) in [5.41, 5.74) is 0.727.